The zero-order chi connectivity index (χ0) is 18.6. The minimum absolute atomic E-state index is 0.0702. The number of nitrogens with zero attached hydrogens (tertiary/aromatic N) is 1. The molecule has 1 aromatic heterocycles. The number of ether oxygens (including phenoxy) is 1. The summed E-state index contributed by atoms with van der Waals surface area (Å²) in [4.78, 5) is 28.2. The lowest BCUT2D eigenvalue weighted by atomic mass is 9.91. The summed E-state index contributed by atoms with van der Waals surface area (Å²) in [5.41, 5.74) is 0.784. The van der Waals surface area contributed by atoms with Gasteiger partial charge in [-0.1, -0.05) is 11.6 Å². The first-order chi connectivity index (χ1) is 11.6. The van der Waals surface area contributed by atoms with Crippen molar-refractivity contribution >= 4 is 23.6 Å². The molecular weight excluding hydrogens is 342 g/mol. The van der Waals surface area contributed by atoms with E-state index < -0.39 is 11.7 Å². The van der Waals surface area contributed by atoms with Gasteiger partial charge < -0.3 is 15.4 Å². The molecule has 0 bridgehead atoms. The Morgan fingerprint density at radius 1 is 1.16 bits per heavy atom. The van der Waals surface area contributed by atoms with E-state index in [9.17, 15) is 9.59 Å². The predicted octanol–water partition coefficient (Wildman–Crippen LogP) is 3.61. The number of pyridine rings is 1. The first-order valence-electron chi connectivity index (χ1n) is 8.56. The Labute approximate surface area is 153 Å². The molecule has 0 radical (unpaired) electrons. The number of hydrogen-bond acceptors (Lipinski definition) is 4. The van der Waals surface area contributed by atoms with Crippen molar-refractivity contribution in [1.29, 1.82) is 0 Å². The Balaban J connectivity index is 1.81. The number of amides is 2. The van der Waals surface area contributed by atoms with E-state index in [0.29, 0.717) is 5.56 Å². The predicted molar refractivity (Wildman–Crippen MR) is 96.9 cm³/mol. The van der Waals surface area contributed by atoms with Crippen molar-refractivity contribution in [2.24, 2.45) is 0 Å². The summed E-state index contributed by atoms with van der Waals surface area (Å²) in [6.45, 7) is 7.38. The van der Waals surface area contributed by atoms with Gasteiger partial charge in [0.05, 0.1) is 5.56 Å². The quantitative estimate of drug-likeness (QED) is 0.800. The van der Waals surface area contributed by atoms with Crippen molar-refractivity contribution in [3.63, 3.8) is 0 Å². The zero-order valence-corrected chi connectivity index (χ0v) is 15.9. The molecule has 0 unspecified atom stereocenters. The number of halogens is 1. The van der Waals surface area contributed by atoms with Gasteiger partial charge in [-0.3, -0.25) is 4.79 Å². The second-order valence-corrected chi connectivity index (χ2v) is 7.88. The van der Waals surface area contributed by atoms with Gasteiger partial charge in [-0.2, -0.15) is 0 Å². The molecule has 0 aliphatic heterocycles. The third-order valence-corrected chi connectivity index (χ3v) is 4.30. The number of nitrogens with one attached hydrogen (secondary N) is 2. The molecule has 1 aliphatic carbocycles. The highest BCUT2D eigenvalue weighted by Gasteiger charge is 2.26. The van der Waals surface area contributed by atoms with Crippen molar-refractivity contribution in [2.45, 2.75) is 71.1 Å². The maximum atomic E-state index is 12.4. The standard InChI is InChI=1S/C18H26ClN3O3/c1-11-9-14(15(19)20-10-11)16(23)21-12-5-7-13(8-6-12)22-17(24)25-18(2,3)4/h9-10,12-13H,5-8H2,1-4H3,(H,21,23)(H,22,24)/t12-,13+. The summed E-state index contributed by atoms with van der Waals surface area (Å²) in [5.74, 6) is -0.204. The van der Waals surface area contributed by atoms with Crippen LogP contribution in [0.3, 0.4) is 0 Å². The van der Waals surface area contributed by atoms with E-state index >= 15 is 0 Å². The molecule has 1 heterocycles. The van der Waals surface area contributed by atoms with E-state index in [2.05, 4.69) is 15.6 Å². The van der Waals surface area contributed by atoms with E-state index in [4.69, 9.17) is 16.3 Å². The van der Waals surface area contributed by atoms with Crippen molar-refractivity contribution < 1.29 is 14.3 Å². The van der Waals surface area contributed by atoms with Crippen LogP contribution in [0.2, 0.25) is 5.15 Å². The molecule has 6 nitrogen and oxygen atoms in total. The van der Waals surface area contributed by atoms with Crippen LogP contribution >= 0.6 is 11.6 Å². The Kier molecular flexibility index (Phi) is 6.27. The molecule has 2 rings (SSSR count). The van der Waals surface area contributed by atoms with Gasteiger partial charge in [-0.05, 0) is 65.0 Å². The van der Waals surface area contributed by atoms with Crippen LogP contribution in [-0.4, -0.2) is 34.7 Å². The fourth-order valence-electron chi connectivity index (χ4n) is 2.83. The molecule has 138 valence electrons. The highest BCUT2D eigenvalue weighted by molar-refractivity contribution is 6.32. The second kappa shape index (κ2) is 8.04. The van der Waals surface area contributed by atoms with Crippen LogP contribution in [0.5, 0.6) is 0 Å². The van der Waals surface area contributed by atoms with Crippen molar-refractivity contribution in [1.82, 2.24) is 15.6 Å². The van der Waals surface area contributed by atoms with Gasteiger partial charge in [0.15, 0.2) is 0 Å². The lowest BCUT2D eigenvalue weighted by molar-refractivity contribution is 0.0488. The molecule has 1 aromatic rings. The fourth-order valence-corrected chi connectivity index (χ4v) is 3.02. The summed E-state index contributed by atoms with van der Waals surface area (Å²) in [5, 5.41) is 6.11. The lowest BCUT2D eigenvalue weighted by Gasteiger charge is -2.30. The van der Waals surface area contributed by atoms with Gasteiger partial charge in [0.25, 0.3) is 5.91 Å². The van der Waals surface area contributed by atoms with Crippen LogP contribution in [0.15, 0.2) is 12.3 Å². The van der Waals surface area contributed by atoms with Crippen LogP contribution < -0.4 is 10.6 Å². The summed E-state index contributed by atoms with van der Waals surface area (Å²) in [6.07, 6.45) is 4.42. The number of carbonyl (C=O) groups is 2. The molecule has 0 atom stereocenters. The van der Waals surface area contributed by atoms with Gasteiger partial charge in [-0.15, -0.1) is 0 Å². The van der Waals surface area contributed by atoms with E-state index in [-0.39, 0.29) is 23.1 Å². The van der Waals surface area contributed by atoms with Gasteiger partial charge >= 0.3 is 6.09 Å². The van der Waals surface area contributed by atoms with Crippen LogP contribution in [0.25, 0.3) is 0 Å². The van der Waals surface area contributed by atoms with Gasteiger partial charge in [-0.25, -0.2) is 9.78 Å². The van der Waals surface area contributed by atoms with Crippen molar-refractivity contribution in [3.05, 3.63) is 28.5 Å². The third kappa shape index (κ3) is 6.20. The highest BCUT2D eigenvalue weighted by atomic mass is 35.5. The van der Waals surface area contributed by atoms with E-state index in [0.717, 1.165) is 31.2 Å². The minimum Gasteiger partial charge on any atom is -0.444 e. The maximum Gasteiger partial charge on any atom is 0.407 e. The van der Waals surface area contributed by atoms with Crippen LogP contribution in [0.4, 0.5) is 4.79 Å². The monoisotopic (exact) mass is 367 g/mol. The highest BCUT2D eigenvalue weighted by Crippen LogP contribution is 2.21. The SMILES string of the molecule is Cc1cnc(Cl)c(C(=O)N[C@H]2CC[C@@H](NC(=O)OC(C)(C)C)CC2)c1. The fraction of sp³-hybridized carbons (Fsp3) is 0.611. The minimum atomic E-state index is -0.504. The topological polar surface area (TPSA) is 80.3 Å². The van der Waals surface area contributed by atoms with E-state index in [1.165, 1.54) is 0 Å². The summed E-state index contributed by atoms with van der Waals surface area (Å²) in [6, 6.07) is 1.88. The molecule has 1 fully saturated rings. The summed E-state index contributed by atoms with van der Waals surface area (Å²) in [7, 11) is 0. The van der Waals surface area contributed by atoms with E-state index in [1.54, 1.807) is 12.3 Å². The number of hydrogen-bond donors (Lipinski definition) is 2. The molecule has 7 heteroatoms. The molecule has 1 saturated carbocycles. The Morgan fingerprint density at radius 2 is 1.72 bits per heavy atom. The molecule has 25 heavy (non-hydrogen) atoms. The van der Waals surface area contributed by atoms with Crippen molar-refractivity contribution in [3.8, 4) is 0 Å². The Hall–Kier alpha value is -1.82. The largest absolute Gasteiger partial charge is 0.444 e. The number of rotatable bonds is 3. The third-order valence-electron chi connectivity index (χ3n) is 4.00. The lowest BCUT2D eigenvalue weighted by Crippen LogP contribution is -2.45. The molecule has 2 N–H and O–H groups in total. The number of aryl methyl sites for hydroxylation is 1. The zero-order valence-electron chi connectivity index (χ0n) is 15.2. The number of carbonyl (C=O) groups excluding carboxylic acids is 2. The van der Waals surface area contributed by atoms with Crippen molar-refractivity contribution in [2.75, 3.05) is 0 Å². The Morgan fingerprint density at radius 3 is 2.28 bits per heavy atom. The normalized spacial score (nSPS) is 20.7. The van der Waals surface area contributed by atoms with Gasteiger partial charge in [0.2, 0.25) is 0 Å². The smallest absolute Gasteiger partial charge is 0.407 e. The van der Waals surface area contributed by atoms with Crippen LogP contribution in [0.1, 0.15) is 62.4 Å². The molecule has 0 spiro atoms. The summed E-state index contributed by atoms with van der Waals surface area (Å²) < 4.78 is 5.27. The molecule has 0 saturated heterocycles. The first kappa shape index (κ1) is 19.5. The molecule has 0 aromatic carbocycles. The molecule has 1 aliphatic rings. The van der Waals surface area contributed by atoms with E-state index in [1.807, 2.05) is 27.7 Å². The first-order valence-corrected chi connectivity index (χ1v) is 8.94. The number of alkyl carbamates (subject to hydrolysis) is 1. The Bertz CT molecular complexity index is 635. The summed E-state index contributed by atoms with van der Waals surface area (Å²) >= 11 is 6.01. The molecular formula is C18H26ClN3O3. The number of aromatic nitrogens is 1. The maximum absolute atomic E-state index is 12.4. The average molecular weight is 368 g/mol. The van der Waals surface area contributed by atoms with Crippen LogP contribution in [0, 0.1) is 6.92 Å². The van der Waals surface area contributed by atoms with Gasteiger partial charge in [0.1, 0.15) is 10.8 Å². The van der Waals surface area contributed by atoms with Gasteiger partial charge in [0, 0.05) is 18.3 Å². The molecule has 2 amide bonds. The second-order valence-electron chi connectivity index (χ2n) is 7.52. The average Bonchev–Trinajstić information content (AvgIpc) is 2.49. The van der Waals surface area contributed by atoms with Crippen LogP contribution in [-0.2, 0) is 4.74 Å².